The second-order valence-electron chi connectivity index (χ2n) is 9.39. The van der Waals surface area contributed by atoms with Gasteiger partial charge in [-0.25, -0.2) is 9.97 Å². The molecule has 4 bridgehead atoms. The molecule has 172 valence electrons. The van der Waals surface area contributed by atoms with Gasteiger partial charge in [0.15, 0.2) is 12.6 Å². The number of nitrogens with two attached hydrogens (primary N) is 2. The van der Waals surface area contributed by atoms with Crippen LogP contribution in [0, 0.1) is 19.8 Å². The molecule has 9 heteroatoms. The van der Waals surface area contributed by atoms with Crippen LogP contribution >= 0.6 is 11.8 Å². The first-order valence-electron chi connectivity index (χ1n) is 11.5. The maximum absolute atomic E-state index is 13.9. The van der Waals surface area contributed by atoms with Gasteiger partial charge >= 0.3 is 11.7 Å². The summed E-state index contributed by atoms with van der Waals surface area (Å²) in [5.74, 6) is 3.34. The van der Waals surface area contributed by atoms with Crippen LogP contribution in [0.1, 0.15) is 41.8 Å². The van der Waals surface area contributed by atoms with E-state index in [-0.39, 0.29) is 29.9 Å². The minimum atomic E-state index is -0.130. The largest absolute Gasteiger partial charge is 0.430 e. The Hall–Kier alpha value is -2.78. The molecule has 1 aromatic heterocycles. The summed E-state index contributed by atoms with van der Waals surface area (Å²) in [7, 11) is 0. The minimum Gasteiger partial charge on any atom is -0.368 e. The maximum atomic E-state index is 13.9. The molecule has 1 fully saturated rings. The second kappa shape index (κ2) is 8.22. The van der Waals surface area contributed by atoms with Crippen LogP contribution in [0.2, 0.25) is 0 Å². The van der Waals surface area contributed by atoms with E-state index in [1.54, 1.807) is 11.8 Å². The molecular formula is C24H31N7OS+2. The van der Waals surface area contributed by atoms with E-state index in [1.807, 2.05) is 30.9 Å². The van der Waals surface area contributed by atoms with Crippen LogP contribution in [0.4, 0.5) is 5.95 Å². The van der Waals surface area contributed by atoms with Gasteiger partial charge in [0, 0.05) is 24.1 Å². The summed E-state index contributed by atoms with van der Waals surface area (Å²) >= 11 is 1.64. The van der Waals surface area contributed by atoms with E-state index >= 15 is 0 Å². The van der Waals surface area contributed by atoms with Gasteiger partial charge in [0.1, 0.15) is 5.03 Å². The van der Waals surface area contributed by atoms with Gasteiger partial charge in [0.05, 0.1) is 11.4 Å². The van der Waals surface area contributed by atoms with Gasteiger partial charge in [-0.3, -0.25) is 9.69 Å². The number of nitrogens with one attached hydrogen (secondary N) is 1. The molecule has 3 aliphatic heterocycles. The number of carbonyl (C=O) groups excluding carboxylic acids is 1. The molecule has 0 radical (unpaired) electrons. The molecule has 0 aliphatic carbocycles. The van der Waals surface area contributed by atoms with Gasteiger partial charge in [-0.2, -0.15) is 4.99 Å². The average Bonchev–Trinajstić information content (AvgIpc) is 3.32. The van der Waals surface area contributed by atoms with Crippen molar-refractivity contribution in [3.63, 3.8) is 0 Å². The highest BCUT2D eigenvalue weighted by Crippen LogP contribution is 2.30. The summed E-state index contributed by atoms with van der Waals surface area (Å²) in [5, 5.41) is 0.830. The molecule has 2 aromatic rings. The van der Waals surface area contributed by atoms with E-state index in [2.05, 4.69) is 39.4 Å². The van der Waals surface area contributed by atoms with Crippen molar-refractivity contribution in [3.05, 3.63) is 34.9 Å². The zero-order valence-electron chi connectivity index (χ0n) is 19.6. The minimum absolute atomic E-state index is 0.0200. The van der Waals surface area contributed by atoms with Gasteiger partial charge in [-0.05, 0) is 43.0 Å². The molecule has 4 heterocycles. The second-order valence-corrected chi connectivity index (χ2v) is 10.5. The fraction of sp³-hybridized carbons (Fsp3) is 0.458. The smallest absolute Gasteiger partial charge is 0.368 e. The van der Waals surface area contributed by atoms with Crippen LogP contribution in [0.25, 0.3) is 11.3 Å². The Morgan fingerprint density at radius 2 is 1.94 bits per heavy atom. The van der Waals surface area contributed by atoms with Crippen molar-refractivity contribution in [2.24, 2.45) is 11.7 Å². The molecule has 1 saturated heterocycles. The molecule has 0 saturated carbocycles. The lowest BCUT2D eigenvalue weighted by atomic mass is 9.97. The lowest BCUT2D eigenvalue weighted by Gasteiger charge is -2.17. The summed E-state index contributed by atoms with van der Waals surface area (Å²) in [6.07, 6.45) is 0.871. The van der Waals surface area contributed by atoms with Crippen molar-refractivity contribution in [2.75, 3.05) is 24.6 Å². The number of benzene rings is 1. The number of carbonyl (C=O) groups is 1. The monoisotopic (exact) mass is 465 g/mol. The van der Waals surface area contributed by atoms with Gasteiger partial charge in [-0.15, -0.1) is 4.58 Å². The standard InChI is InChI=1S/C24H30N7OS/c1-12(2)20(25)21-27-17-5-6-31-22(17)30(21)7-8-33-19-11-18(28-24(26)29-19)15-10-16(23(31)32)14(4)9-13(15)3/h9-12,17,20H,5-8,25H2,1-4H3,(H2,26,28,29)/q+1/p+1. The predicted octanol–water partition coefficient (Wildman–Crippen LogP) is 0.550. The van der Waals surface area contributed by atoms with E-state index in [9.17, 15) is 4.79 Å². The number of fused-ring (bicyclic) bond motifs is 5. The lowest BCUT2D eigenvalue weighted by Crippen LogP contribution is -2.81. The number of aryl methyl sites for hydroxylation is 2. The van der Waals surface area contributed by atoms with E-state index < -0.39 is 0 Å². The quantitative estimate of drug-likeness (QED) is 0.441. The summed E-state index contributed by atoms with van der Waals surface area (Å²) in [6, 6.07) is 5.96. The number of anilines is 1. The van der Waals surface area contributed by atoms with E-state index in [0.717, 1.165) is 57.8 Å². The Bertz CT molecular complexity index is 1220. The molecule has 3 aliphatic rings. The van der Waals surface area contributed by atoms with Crippen molar-refractivity contribution < 1.29 is 14.4 Å². The van der Waals surface area contributed by atoms with Gasteiger partial charge in [0.25, 0.3) is 11.9 Å². The Balaban J connectivity index is 1.69. The number of nitrogens with zero attached hydrogens (tertiary/aromatic N) is 4. The van der Waals surface area contributed by atoms with Crippen LogP contribution in [0.3, 0.4) is 0 Å². The molecule has 5 rings (SSSR count). The molecule has 2 atom stereocenters. The Morgan fingerprint density at radius 1 is 1.18 bits per heavy atom. The fourth-order valence-corrected chi connectivity index (χ4v) is 5.81. The van der Waals surface area contributed by atoms with Crippen LogP contribution in [0.5, 0.6) is 0 Å². The first-order chi connectivity index (χ1) is 15.7. The van der Waals surface area contributed by atoms with Crippen LogP contribution < -0.4 is 16.5 Å². The Kier molecular flexibility index (Phi) is 5.49. The SMILES string of the molecule is Cc1cc(C)c2cc1C(=O)N1CCC3[NH+]=C(C(N)C(C)C)[N+](=C31)CCSc1cc-2nc(N)n1. The molecule has 1 amide bonds. The Morgan fingerprint density at radius 3 is 2.70 bits per heavy atom. The highest BCUT2D eigenvalue weighted by atomic mass is 32.2. The molecular weight excluding hydrogens is 434 g/mol. The predicted molar refractivity (Wildman–Crippen MR) is 130 cm³/mol. The number of amidine groups is 2. The number of nitrogen functional groups attached to an aromatic ring is 1. The topological polar surface area (TPSA) is 115 Å². The number of rotatable bonds is 2. The summed E-state index contributed by atoms with van der Waals surface area (Å²) < 4.78 is 2.24. The molecule has 5 N–H and O–H groups in total. The van der Waals surface area contributed by atoms with E-state index in [0.29, 0.717) is 12.1 Å². The van der Waals surface area contributed by atoms with Crippen molar-refractivity contribution in [3.8, 4) is 11.3 Å². The third-order valence-electron chi connectivity index (χ3n) is 6.76. The number of aromatic nitrogens is 2. The normalized spacial score (nSPS) is 20.9. The Labute approximate surface area is 198 Å². The number of amides is 1. The summed E-state index contributed by atoms with van der Waals surface area (Å²) in [4.78, 5) is 28.4. The number of thioether (sulfide) groups is 1. The molecule has 1 aromatic carbocycles. The highest BCUT2D eigenvalue weighted by molar-refractivity contribution is 7.99. The molecule has 8 nitrogen and oxygen atoms in total. The summed E-state index contributed by atoms with van der Waals surface area (Å²) in [5.41, 5.74) is 17.0. The maximum Gasteiger partial charge on any atom is 0.430 e. The zero-order valence-corrected chi connectivity index (χ0v) is 20.4. The summed E-state index contributed by atoms with van der Waals surface area (Å²) in [6.45, 7) is 9.68. The van der Waals surface area contributed by atoms with Crippen LogP contribution in [-0.4, -0.2) is 67.9 Å². The van der Waals surface area contributed by atoms with Gasteiger partial charge in [-0.1, -0.05) is 31.7 Å². The van der Waals surface area contributed by atoms with Gasteiger partial charge in [0.2, 0.25) is 5.95 Å². The highest BCUT2D eigenvalue weighted by Gasteiger charge is 2.53. The van der Waals surface area contributed by atoms with Crippen molar-refractivity contribution in [1.82, 2.24) is 14.9 Å². The van der Waals surface area contributed by atoms with Crippen LogP contribution in [-0.2, 0) is 0 Å². The first-order valence-corrected chi connectivity index (χ1v) is 12.5. The fourth-order valence-electron chi connectivity index (χ4n) is 4.97. The van der Waals surface area contributed by atoms with Crippen LogP contribution in [0.15, 0.2) is 23.2 Å². The third kappa shape index (κ3) is 3.73. The van der Waals surface area contributed by atoms with Crippen molar-refractivity contribution in [2.45, 2.75) is 51.2 Å². The third-order valence-corrected chi connectivity index (χ3v) is 7.65. The lowest BCUT2D eigenvalue weighted by molar-refractivity contribution is -0.522. The molecule has 2 unspecified atom stereocenters. The van der Waals surface area contributed by atoms with Gasteiger partial charge < -0.3 is 11.5 Å². The average molecular weight is 466 g/mol. The molecule has 0 spiro atoms. The van der Waals surface area contributed by atoms with Crippen molar-refractivity contribution >= 4 is 35.3 Å². The zero-order chi connectivity index (χ0) is 23.4. The van der Waals surface area contributed by atoms with Crippen molar-refractivity contribution in [1.29, 1.82) is 0 Å². The van der Waals surface area contributed by atoms with E-state index in [4.69, 9.17) is 11.5 Å². The number of hydrogen-bond donors (Lipinski definition) is 3. The molecule has 33 heavy (non-hydrogen) atoms. The number of hydrogen-bond acceptors (Lipinski definition) is 6. The first kappa shape index (κ1) is 22.0. The van der Waals surface area contributed by atoms with E-state index in [1.165, 1.54) is 0 Å².